The first-order chi connectivity index (χ1) is 15.3. The molecule has 1 amide bonds. The summed E-state index contributed by atoms with van der Waals surface area (Å²) in [6.45, 7) is 1.56. The molecule has 154 valence electrons. The van der Waals surface area contributed by atoms with Gasteiger partial charge in [0.25, 0.3) is 5.91 Å². The number of ether oxygens (including phenoxy) is 1. The van der Waals surface area contributed by atoms with E-state index in [-0.39, 0.29) is 5.91 Å². The number of carbonyl (C=O) groups is 1. The van der Waals surface area contributed by atoms with Gasteiger partial charge in [-0.15, -0.1) is 0 Å². The second kappa shape index (κ2) is 8.48. The number of imidazole rings is 1. The first kappa shape index (κ1) is 19.1. The fourth-order valence-corrected chi connectivity index (χ4v) is 4.03. The number of nitrogens with zero attached hydrogens (tertiary/aromatic N) is 2. The maximum atomic E-state index is 13.6. The van der Waals surface area contributed by atoms with Crippen LogP contribution in [0.25, 0.3) is 11.1 Å². The van der Waals surface area contributed by atoms with Crippen molar-refractivity contribution in [3.8, 4) is 16.9 Å². The van der Waals surface area contributed by atoms with Crippen LogP contribution in [0.5, 0.6) is 5.75 Å². The molecule has 1 N–H and O–H groups in total. The molecular formula is C26H23N3O2. The van der Waals surface area contributed by atoms with Crippen LogP contribution in [0.2, 0.25) is 0 Å². The Kier molecular flexibility index (Phi) is 5.23. The fourth-order valence-electron chi connectivity index (χ4n) is 4.03. The number of nitrogens with one attached hydrogen (secondary N) is 1. The molecule has 2 heterocycles. The topological polar surface area (TPSA) is 58.2 Å². The summed E-state index contributed by atoms with van der Waals surface area (Å²) in [4.78, 5) is 22.9. The summed E-state index contributed by atoms with van der Waals surface area (Å²) in [5, 5.41) is 0. The molecule has 31 heavy (non-hydrogen) atoms. The minimum atomic E-state index is -0.0195. The lowest BCUT2D eigenvalue weighted by Gasteiger charge is -2.24. The molecule has 0 spiro atoms. The zero-order valence-electron chi connectivity index (χ0n) is 17.1. The lowest BCUT2D eigenvalue weighted by atomic mass is 9.99. The molecule has 4 aromatic rings. The molecule has 0 saturated carbocycles. The van der Waals surface area contributed by atoms with Gasteiger partial charge in [0.15, 0.2) is 0 Å². The summed E-state index contributed by atoms with van der Waals surface area (Å²) < 4.78 is 5.60. The van der Waals surface area contributed by atoms with Crippen molar-refractivity contribution in [2.45, 2.75) is 19.5 Å². The molecule has 0 unspecified atom stereocenters. The van der Waals surface area contributed by atoms with Gasteiger partial charge >= 0.3 is 0 Å². The number of carbonyl (C=O) groups excluding carboxylic acids is 1. The third-order valence-electron chi connectivity index (χ3n) is 5.58. The minimum absolute atomic E-state index is 0.0195. The van der Waals surface area contributed by atoms with Crippen LogP contribution in [0, 0.1) is 0 Å². The predicted molar refractivity (Wildman–Crippen MR) is 120 cm³/mol. The Bertz CT molecular complexity index is 1190. The number of H-pyrrole nitrogens is 1. The van der Waals surface area contributed by atoms with Crippen molar-refractivity contribution in [3.05, 3.63) is 108 Å². The molecule has 0 saturated heterocycles. The summed E-state index contributed by atoms with van der Waals surface area (Å²) >= 11 is 0. The highest BCUT2D eigenvalue weighted by Gasteiger charge is 2.21. The van der Waals surface area contributed by atoms with Crippen LogP contribution < -0.4 is 4.74 Å². The van der Waals surface area contributed by atoms with Gasteiger partial charge in [0.1, 0.15) is 11.6 Å². The zero-order chi connectivity index (χ0) is 21.0. The summed E-state index contributed by atoms with van der Waals surface area (Å²) in [6, 6.07) is 24.2. The number of amides is 1. The van der Waals surface area contributed by atoms with Crippen molar-refractivity contribution in [1.29, 1.82) is 0 Å². The number of fused-ring (bicyclic) bond motifs is 1. The normalized spacial score (nSPS) is 12.3. The fraction of sp³-hybridized carbons (Fsp3) is 0.154. The Labute approximate surface area is 181 Å². The molecule has 5 nitrogen and oxygen atoms in total. The highest BCUT2D eigenvalue weighted by Crippen LogP contribution is 2.28. The summed E-state index contributed by atoms with van der Waals surface area (Å²) in [5.74, 6) is 1.62. The van der Waals surface area contributed by atoms with Crippen molar-refractivity contribution >= 4 is 5.91 Å². The lowest BCUT2D eigenvalue weighted by Crippen LogP contribution is -2.31. The largest absolute Gasteiger partial charge is 0.493 e. The van der Waals surface area contributed by atoms with E-state index in [1.165, 1.54) is 0 Å². The standard InChI is InChI=1S/C26H23N3O2/c30-26(21-10-11-24-20(16-21)12-15-31-24)29(18-25-27-13-14-28-25)17-22-8-4-5-9-23(22)19-6-2-1-3-7-19/h1-11,13-14,16H,12,15,17-18H2,(H,27,28). The molecule has 1 aromatic heterocycles. The maximum absolute atomic E-state index is 13.6. The molecule has 5 rings (SSSR count). The van der Waals surface area contributed by atoms with E-state index in [1.807, 2.05) is 53.4 Å². The van der Waals surface area contributed by atoms with Crippen molar-refractivity contribution < 1.29 is 9.53 Å². The third kappa shape index (κ3) is 4.08. The second-order valence-corrected chi connectivity index (χ2v) is 7.64. The lowest BCUT2D eigenvalue weighted by molar-refractivity contribution is 0.0726. The quantitative estimate of drug-likeness (QED) is 0.495. The van der Waals surface area contributed by atoms with E-state index in [0.717, 1.165) is 40.2 Å². The number of aromatic amines is 1. The van der Waals surface area contributed by atoms with Gasteiger partial charge in [-0.05, 0) is 40.5 Å². The van der Waals surface area contributed by atoms with Crippen LogP contribution in [-0.4, -0.2) is 27.4 Å². The molecule has 1 aliphatic rings. The van der Waals surface area contributed by atoms with Gasteiger partial charge in [0, 0.05) is 30.9 Å². The average molecular weight is 409 g/mol. The van der Waals surface area contributed by atoms with Gasteiger partial charge in [-0.25, -0.2) is 4.98 Å². The van der Waals surface area contributed by atoms with Gasteiger partial charge in [0.05, 0.1) is 13.2 Å². The van der Waals surface area contributed by atoms with Gasteiger partial charge in [0.2, 0.25) is 0 Å². The van der Waals surface area contributed by atoms with Gasteiger partial charge in [-0.3, -0.25) is 4.79 Å². The molecule has 0 radical (unpaired) electrons. The van der Waals surface area contributed by atoms with E-state index in [1.54, 1.807) is 12.4 Å². The van der Waals surface area contributed by atoms with Crippen LogP contribution in [0.3, 0.4) is 0 Å². The third-order valence-corrected chi connectivity index (χ3v) is 5.58. The van der Waals surface area contributed by atoms with E-state index in [2.05, 4.69) is 34.2 Å². The van der Waals surface area contributed by atoms with Crippen LogP contribution in [-0.2, 0) is 19.5 Å². The predicted octanol–water partition coefficient (Wildman–Crippen LogP) is 4.85. The molecule has 0 bridgehead atoms. The number of aromatic nitrogens is 2. The number of rotatable bonds is 6. The molecule has 3 aromatic carbocycles. The Morgan fingerprint density at radius 1 is 1.00 bits per heavy atom. The molecule has 1 aliphatic heterocycles. The molecule has 0 aliphatic carbocycles. The van der Waals surface area contributed by atoms with Crippen LogP contribution in [0.1, 0.15) is 27.3 Å². The van der Waals surface area contributed by atoms with Crippen molar-refractivity contribution in [2.75, 3.05) is 6.61 Å². The number of benzene rings is 3. The highest BCUT2D eigenvalue weighted by molar-refractivity contribution is 5.94. The van der Waals surface area contributed by atoms with E-state index >= 15 is 0 Å². The Balaban J connectivity index is 1.48. The Morgan fingerprint density at radius 2 is 1.84 bits per heavy atom. The van der Waals surface area contributed by atoms with Gasteiger partial charge in [-0.1, -0.05) is 54.6 Å². The summed E-state index contributed by atoms with van der Waals surface area (Å²) in [5.41, 5.74) is 5.13. The van der Waals surface area contributed by atoms with E-state index < -0.39 is 0 Å². The zero-order valence-corrected chi connectivity index (χ0v) is 17.1. The first-order valence-corrected chi connectivity index (χ1v) is 10.4. The molecule has 0 atom stereocenters. The van der Waals surface area contributed by atoms with Crippen LogP contribution in [0.15, 0.2) is 85.2 Å². The average Bonchev–Trinajstić information content (AvgIpc) is 3.50. The van der Waals surface area contributed by atoms with Crippen LogP contribution >= 0.6 is 0 Å². The van der Waals surface area contributed by atoms with Gasteiger partial charge < -0.3 is 14.6 Å². The molecule has 5 heteroatoms. The molecule has 0 fully saturated rings. The summed E-state index contributed by atoms with van der Waals surface area (Å²) in [6.07, 6.45) is 4.33. The SMILES string of the molecule is O=C(c1ccc2c(c1)CCO2)N(Cc1ncc[nH]1)Cc1ccccc1-c1ccccc1. The molecular weight excluding hydrogens is 386 g/mol. The number of hydrogen-bond donors (Lipinski definition) is 1. The Hall–Kier alpha value is -3.86. The van der Waals surface area contributed by atoms with Gasteiger partial charge in [-0.2, -0.15) is 0 Å². The van der Waals surface area contributed by atoms with Crippen LogP contribution in [0.4, 0.5) is 0 Å². The van der Waals surface area contributed by atoms with E-state index in [9.17, 15) is 4.79 Å². The number of hydrogen-bond acceptors (Lipinski definition) is 3. The van der Waals surface area contributed by atoms with E-state index in [4.69, 9.17) is 4.74 Å². The van der Waals surface area contributed by atoms with Crippen molar-refractivity contribution in [2.24, 2.45) is 0 Å². The minimum Gasteiger partial charge on any atom is -0.493 e. The van der Waals surface area contributed by atoms with Crippen molar-refractivity contribution in [3.63, 3.8) is 0 Å². The summed E-state index contributed by atoms with van der Waals surface area (Å²) in [7, 11) is 0. The van der Waals surface area contributed by atoms with E-state index in [0.29, 0.717) is 25.3 Å². The second-order valence-electron chi connectivity index (χ2n) is 7.64. The maximum Gasteiger partial charge on any atom is 0.254 e. The monoisotopic (exact) mass is 409 g/mol. The smallest absolute Gasteiger partial charge is 0.254 e. The Morgan fingerprint density at radius 3 is 2.68 bits per heavy atom. The first-order valence-electron chi connectivity index (χ1n) is 10.4. The highest BCUT2D eigenvalue weighted by atomic mass is 16.5. The van der Waals surface area contributed by atoms with Crippen molar-refractivity contribution in [1.82, 2.24) is 14.9 Å².